The first-order valence-corrected chi connectivity index (χ1v) is 27.4. The number of nitrogens with one attached hydrogen (secondary N) is 4. The minimum atomic E-state index is -0.982. The molecule has 0 spiro atoms. The molecule has 6 aromatic rings. The molecular formula is C55H70ClN13O8S. The topological polar surface area (TPSA) is 245 Å². The van der Waals surface area contributed by atoms with Crippen LogP contribution in [-0.2, 0) is 43.9 Å². The molecule has 4 atom stereocenters. The molecule has 5 N–H and O–H groups in total. The van der Waals surface area contributed by atoms with Crippen LogP contribution in [-0.4, -0.2) is 140 Å². The number of hydrogen-bond donors (Lipinski definition) is 5. The van der Waals surface area contributed by atoms with Gasteiger partial charge in [0.15, 0.2) is 11.6 Å². The van der Waals surface area contributed by atoms with Gasteiger partial charge >= 0.3 is 0 Å². The first-order valence-electron chi connectivity index (χ1n) is 26.1. The number of β-amino-alcohol motifs (C(OH)–C–C–N with tert-alkyl or cyclic N) is 1. The molecule has 416 valence electrons. The number of likely N-dealkylation sites (N-methyl/N-ethyl adjacent to an activating group) is 1. The van der Waals surface area contributed by atoms with Gasteiger partial charge in [-0.1, -0.05) is 68.4 Å². The summed E-state index contributed by atoms with van der Waals surface area (Å²) in [4.78, 5) is 72.1. The van der Waals surface area contributed by atoms with Crippen LogP contribution in [0.2, 0.25) is 5.02 Å². The summed E-state index contributed by atoms with van der Waals surface area (Å²) in [7, 11) is 3.45. The third-order valence-corrected chi connectivity index (χ3v) is 15.3. The predicted molar refractivity (Wildman–Crippen MR) is 300 cm³/mol. The third kappa shape index (κ3) is 14.4. The van der Waals surface area contributed by atoms with E-state index in [4.69, 9.17) is 30.8 Å². The summed E-state index contributed by atoms with van der Waals surface area (Å²) in [5.41, 5.74) is 6.78. The Morgan fingerprint density at radius 2 is 1.76 bits per heavy atom. The van der Waals surface area contributed by atoms with E-state index < -0.39 is 35.4 Å². The molecule has 8 rings (SSSR count). The van der Waals surface area contributed by atoms with Crippen molar-refractivity contribution in [3.63, 3.8) is 0 Å². The number of ether oxygens (including phenoxy) is 3. The smallest absolute Gasteiger partial charge is 0.293 e. The van der Waals surface area contributed by atoms with Gasteiger partial charge in [-0.2, -0.15) is 4.98 Å². The van der Waals surface area contributed by atoms with E-state index in [9.17, 15) is 24.3 Å². The Kier molecular flexibility index (Phi) is 18.8. The summed E-state index contributed by atoms with van der Waals surface area (Å²) in [5, 5.41) is 32.7. The molecule has 0 bridgehead atoms. The normalized spacial score (nSPS) is 16.7. The van der Waals surface area contributed by atoms with Crippen LogP contribution in [0.3, 0.4) is 0 Å². The van der Waals surface area contributed by atoms with Gasteiger partial charge in [0.25, 0.3) is 5.56 Å². The van der Waals surface area contributed by atoms with Crippen LogP contribution in [0.5, 0.6) is 5.75 Å². The SMILES string of the molecule is C=C(COc1cc2cc(Nc3nc(N4CCC(Cc5cn(CCOCCOCC(=O)N[C@H](C(=O)N6C[C@H](O)C[C@H]6C(=O)N[C@@H](C)c6ccc(-c7scnc7C)cc6)C(C)(C)C)nn5)CC4)ncc3Cl)ccc2n(C)c1=O)NC. The molecule has 2 saturated heterocycles. The van der Waals surface area contributed by atoms with Crippen LogP contribution in [0, 0.1) is 18.3 Å². The van der Waals surface area contributed by atoms with E-state index in [1.165, 1.54) is 4.90 Å². The minimum absolute atomic E-state index is 0.0280. The molecule has 4 aromatic heterocycles. The van der Waals surface area contributed by atoms with Crippen LogP contribution < -0.4 is 36.5 Å². The van der Waals surface area contributed by atoms with E-state index >= 15 is 0 Å². The zero-order valence-electron chi connectivity index (χ0n) is 45.3. The lowest BCUT2D eigenvalue weighted by Crippen LogP contribution is -2.58. The van der Waals surface area contributed by atoms with Crippen molar-refractivity contribution in [1.82, 2.24) is 55.4 Å². The summed E-state index contributed by atoms with van der Waals surface area (Å²) in [6.07, 6.45) is 5.35. The van der Waals surface area contributed by atoms with Crippen molar-refractivity contribution in [1.29, 1.82) is 0 Å². The first-order chi connectivity index (χ1) is 37.3. The quantitative estimate of drug-likeness (QED) is 0.0482. The predicted octanol–water partition coefficient (Wildman–Crippen LogP) is 5.72. The molecule has 2 aromatic carbocycles. The number of carbonyl (C=O) groups is 3. The van der Waals surface area contributed by atoms with Crippen LogP contribution in [0.1, 0.15) is 70.0 Å². The van der Waals surface area contributed by atoms with Gasteiger partial charge < -0.3 is 55.0 Å². The maximum Gasteiger partial charge on any atom is 0.293 e. The van der Waals surface area contributed by atoms with E-state index in [0.29, 0.717) is 41.6 Å². The molecule has 78 heavy (non-hydrogen) atoms. The first kappa shape index (κ1) is 57.2. The number of rotatable bonds is 23. The van der Waals surface area contributed by atoms with Gasteiger partial charge in [-0.05, 0) is 79.8 Å². The number of nitrogens with zero attached hydrogens (tertiary/aromatic N) is 9. The Hall–Kier alpha value is -6.98. The average molecular weight is 1110 g/mol. The lowest BCUT2D eigenvalue weighted by molar-refractivity contribution is -0.144. The summed E-state index contributed by atoms with van der Waals surface area (Å²) < 4.78 is 20.5. The molecule has 3 amide bonds. The Bertz CT molecular complexity index is 3130. The summed E-state index contributed by atoms with van der Waals surface area (Å²) in [6.45, 7) is 15.8. The number of hydrogen-bond acceptors (Lipinski definition) is 17. The Labute approximate surface area is 462 Å². The number of likely N-dealkylation sites (tertiary alicyclic amines) is 1. The van der Waals surface area contributed by atoms with Gasteiger partial charge in [0.2, 0.25) is 23.7 Å². The Morgan fingerprint density at radius 3 is 2.47 bits per heavy atom. The standard InChI is InChI=1S/C55H70ClN13O8S/c1-33(57-7)30-77-46-25-39-24-40(13-14-44(39)66(8)52(46)73)61-50-43(56)27-58-54(63-50)67-17-15-36(16-18-67)23-41-28-68(65-64-41)19-20-75-21-22-76-31-47(71)62-49(55(4,5)6)53(74)69-29-42(70)26-45(69)51(72)60-34(2)37-9-11-38(12-10-37)48-35(3)59-32-78-48/h9-14,24-25,27-28,32,34,36,42,45,49,57,70H,1,15-23,26,29-31H2,2-8H3,(H,60,72)(H,62,71)(H,58,61,63)/t34-,42+,45-,49+/m0/s1. The van der Waals surface area contributed by atoms with Gasteiger partial charge in [-0.15, -0.1) is 16.4 Å². The van der Waals surface area contributed by atoms with Gasteiger partial charge in [-0.25, -0.2) is 14.6 Å². The molecule has 2 fully saturated rings. The number of aliphatic hydroxyl groups is 1. The second-order valence-corrected chi connectivity index (χ2v) is 22.2. The summed E-state index contributed by atoms with van der Waals surface area (Å²) in [6, 6.07) is 13.0. The second kappa shape index (κ2) is 25.7. The van der Waals surface area contributed by atoms with Crippen LogP contribution >= 0.6 is 22.9 Å². The van der Waals surface area contributed by atoms with Gasteiger partial charge in [-0.3, -0.25) is 19.2 Å². The number of aliphatic hydroxyl groups excluding tert-OH is 1. The number of aryl methyl sites for hydroxylation is 2. The fourth-order valence-electron chi connectivity index (χ4n) is 9.54. The highest BCUT2D eigenvalue weighted by Gasteiger charge is 2.45. The van der Waals surface area contributed by atoms with Crippen molar-refractivity contribution in [3.8, 4) is 16.2 Å². The van der Waals surface area contributed by atoms with Crippen molar-refractivity contribution in [2.24, 2.45) is 18.4 Å². The van der Waals surface area contributed by atoms with E-state index in [1.54, 1.807) is 46.9 Å². The second-order valence-electron chi connectivity index (χ2n) is 20.9. The molecule has 21 nitrogen and oxygen atoms in total. The van der Waals surface area contributed by atoms with Crippen LogP contribution in [0.25, 0.3) is 21.3 Å². The average Bonchev–Trinajstić information content (AvgIpc) is 4.19. The summed E-state index contributed by atoms with van der Waals surface area (Å²) >= 11 is 8.16. The van der Waals surface area contributed by atoms with E-state index in [-0.39, 0.29) is 62.7 Å². The maximum atomic E-state index is 14.1. The number of anilines is 3. The highest BCUT2D eigenvalue weighted by Crippen LogP contribution is 2.32. The largest absolute Gasteiger partial charge is 0.482 e. The molecule has 0 unspecified atom stereocenters. The third-order valence-electron chi connectivity index (χ3n) is 14.1. The van der Waals surface area contributed by atoms with Crippen molar-refractivity contribution < 1.29 is 33.7 Å². The van der Waals surface area contributed by atoms with Gasteiger partial charge in [0, 0.05) is 63.1 Å². The zero-order chi connectivity index (χ0) is 55.7. The maximum absolute atomic E-state index is 14.1. The van der Waals surface area contributed by atoms with E-state index in [1.807, 2.05) is 88.8 Å². The number of fused-ring (bicyclic) bond motifs is 1. The number of piperidine rings is 1. The van der Waals surface area contributed by atoms with Crippen molar-refractivity contribution in [2.45, 2.75) is 91.1 Å². The van der Waals surface area contributed by atoms with E-state index in [2.05, 4.69) is 53.0 Å². The van der Waals surface area contributed by atoms with Crippen molar-refractivity contribution in [3.05, 3.63) is 111 Å². The Balaban J connectivity index is 0.732. The molecule has 23 heteroatoms. The number of halogens is 1. The lowest BCUT2D eigenvalue weighted by atomic mass is 9.85. The number of thiazole rings is 1. The molecule has 0 saturated carbocycles. The number of benzene rings is 2. The van der Waals surface area contributed by atoms with Crippen LogP contribution in [0.4, 0.5) is 17.5 Å². The molecule has 0 radical (unpaired) electrons. The van der Waals surface area contributed by atoms with Gasteiger partial charge in [0.05, 0.1) is 72.0 Å². The molecule has 0 aliphatic carbocycles. The molecular weight excluding hydrogens is 1040 g/mol. The number of aromatic nitrogens is 7. The number of pyridine rings is 1. The van der Waals surface area contributed by atoms with Gasteiger partial charge in [0.1, 0.15) is 30.3 Å². The van der Waals surface area contributed by atoms with Crippen molar-refractivity contribution in [2.75, 3.05) is 69.9 Å². The lowest BCUT2D eigenvalue weighted by Gasteiger charge is -2.35. The zero-order valence-corrected chi connectivity index (χ0v) is 46.8. The monoisotopic (exact) mass is 1110 g/mol. The molecule has 2 aliphatic rings. The number of carbonyl (C=O) groups excluding carboxylic acids is 3. The summed E-state index contributed by atoms with van der Waals surface area (Å²) in [5.74, 6) is 0.355. The highest BCUT2D eigenvalue weighted by molar-refractivity contribution is 7.13. The Morgan fingerprint density at radius 1 is 1.00 bits per heavy atom. The fraction of sp³-hybridized carbons (Fsp3) is 0.473. The minimum Gasteiger partial charge on any atom is -0.482 e. The van der Waals surface area contributed by atoms with E-state index in [0.717, 1.165) is 76.3 Å². The molecule has 2 aliphatic heterocycles. The number of amides is 3. The van der Waals surface area contributed by atoms with Crippen LogP contribution in [0.15, 0.2) is 83.5 Å². The highest BCUT2D eigenvalue weighted by atomic mass is 35.5. The van der Waals surface area contributed by atoms with Crippen molar-refractivity contribution >= 4 is 69.0 Å². The molecule has 6 heterocycles. The fourth-order valence-corrected chi connectivity index (χ4v) is 10.5.